The topological polar surface area (TPSA) is 37.4 Å². The predicted octanol–water partition coefficient (Wildman–Crippen LogP) is 3.00. The number of hydrogen-bond donors (Lipinski definition) is 1. The molecule has 0 amide bonds. The third-order valence-electron chi connectivity index (χ3n) is 3.29. The molecule has 0 fully saturated rings. The Morgan fingerprint density at radius 1 is 1.29 bits per heavy atom. The molecule has 0 aliphatic carbocycles. The standard InChI is InChI=1S/C16H23N3OS/c1-4-19(10-11-20-3)16-18-15(14(21-16)12-17-2)13-8-6-5-7-9-13/h5-9,17H,4,10-12H2,1-3H3. The highest BCUT2D eigenvalue weighted by Crippen LogP contribution is 2.32. The smallest absolute Gasteiger partial charge is 0.186 e. The second-order valence-electron chi connectivity index (χ2n) is 4.74. The molecule has 0 aliphatic heterocycles. The highest BCUT2D eigenvalue weighted by atomic mass is 32.1. The van der Waals surface area contributed by atoms with Crippen LogP contribution in [0.3, 0.4) is 0 Å². The van der Waals surface area contributed by atoms with Crippen LogP contribution < -0.4 is 10.2 Å². The first-order valence-corrected chi connectivity index (χ1v) is 8.05. The van der Waals surface area contributed by atoms with E-state index in [1.54, 1.807) is 18.4 Å². The molecule has 1 N–H and O–H groups in total. The van der Waals surface area contributed by atoms with E-state index in [1.807, 2.05) is 13.1 Å². The van der Waals surface area contributed by atoms with Crippen LogP contribution in [0.2, 0.25) is 0 Å². The van der Waals surface area contributed by atoms with Gasteiger partial charge in [-0.1, -0.05) is 41.7 Å². The Labute approximate surface area is 130 Å². The molecule has 0 aliphatic rings. The molecule has 0 unspecified atom stereocenters. The van der Waals surface area contributed by atoms with Gasteiger partial charge in [0.25, 0.3) is 0 Å². The van der Waals surface area contributed by atoms with Gasteiger partial charge in [-0.3, -0.25) is 0 Å². The molecule has 0 radical (unpaired) electrons. The summed E-state index contributed by atoms with van der Waals surface area (Å²) in [7, 11) is 3.70. The summed E-state index contributed by atoms with van der Waals surface area (Å²) in [5.41, 5.74) is 2.26. The quantitative estimate of drug-likeness (QED) is 0.813. The first-order chi connectivity index (χ1) is 10.3. The minimum absolute atomic E-state index is 0.718. The van der Waals surface area contributed by atoms with E-state index in [4.69, 9.17) is 9.72 Å². The summed E-state index contributed by atoms with van der Waals surface area (Å²) in [5.74, 6) is 0. The van der Waals surface area contributed by atoms with Crippen LogP contribution in [0.25, 0.3) is 11.3 Å². The molecular weight excluding hydrogens is 282 g/mol. The lowest BCUT2D eigenvalue weighted by Crippen LogP contribution is -2.26. The van der Waals surface area contributed by atoms with Crippen molar-refractivity contribution in [2.75, 3.05) is 38.8 Å². The zero-order valence-electron chi connectivity index (χ0n) is 12.9. The molecule has 5 heteroatoms. The molecule has 2 aromatic rings. The highest BCUT2D eigenvalue weighted by Gasteiger charge is 2.16. The van der Waals surface area contributed by atoms with Crippen LogP contribution in [0.1, 0.15) is 11.8 Å². The van der Waals surface area contributed by atoms with E-state index in [2.05, 4.69) is 41.4 Å². The Morgan fingerprint density at radius 3 is 2.67 bits per heavy atom. The Morgan fingerprint density at radius 2 is 2.05 bits per heavy atom. The van der Waals surface area contributed by atoms with Gasteiger partial charge in [-0.15, -0.1) is 0 Å². The summed E-state index contributed by atoms with van der Waals surface area (Å²) in [6, 6.07) is 10.4. The summed E-state index contributed by atoms with van der Waals surface area (Å²) in [6.45, 7) is 5.51. The fourth-order valence-corrected chi connectivity index (χ4v) is 3.35. The van der Waals surface area contributed by atoms with Crippen LogP contribution in [0.4, 0.5) is 5.13 Å². The lowest BCUT2D eigenvalue weighted by molar-refractivity contribution is 0.205. The number of thiazole rings is 1. The SMILES string of the molecule is CCN(CCOC)c1nc(-c2ccccc2)c(CNC)s1. The lowest BCUT2D eigenvalue weighted by atomic mass is 10.1. The minimum atomic E-state index is 0.718. The van der Waals surface area contributed by atoms with Crippen molar-refractivity contribution in [1.29, 1.82) is 0 Å². The second-order valence-corrected chi connectivity index (χ2v) is 5.80. The third kappa shape index (κ3) is 4.03. The van der Waals surface area contributed by atoms with Gasteiger partial charge >= 0.3 is 0 Å². The van der Waals surface area contributed by atoms with Crippen LogP contribution in [0.5, 0.6) is 0 Å². The second kappa shape index (κ2) is 8.12. The average Bonchev–Trinajstić information content (AvgIpc) is 2.93. The maximum atomic E-state index is 5.19. The van der Waals surface area contributed by atoms with E-state index in [-0.39, 0.29) is 0 Å². The molecular formula is C16H23N3OS. The lowest BCUT2D eigenvalue weighted by Gasteiger charge is -2.18. The summed E-state index contributed by atoms with van der Waals surface area (Å²) in [6.07, 6.45) is 0. The molecule has 0 saturated carbocycles. The zero-order chi connectivity index (χ0) is 15.1. The van der Waals surface area contributed by atoms with Gasteiger partial charge in [0.2, 0.25) is 0 Å². The van der Waals surface area contributed by atoms with E-state index in [0.29, 0.717) is 0 Å². The van der Waals surface area contributed by atoms with Gasteiger partial charge in [0.1, 0.15) is 0 Å². The minimum Gasteiger partial charge on any atom is -0.383 e. The number of methoxy groups -OCH3 is 1. The summed E-state index contributed by atoms with van der Waals surface area (Å²) in [4.78, 5) is 8.41. The van der Waals surface area contributed by atoms with Gasteiger partial charge < -0.3 is 15.0 Å². The van der Waals surface area contributed by atoms with Crippen LogP contribution in [0.15, 0.2) is 30.3 Å². The average molecular weight is 305 g/mol. The Bertz CT molecular complexity index is 542. The number of aromatic nitrogens is 1. The molecule has 4 nitrogen and oxygen atoms in total. The van der Waals surface area contributed by atoms with E-state index in [1.165, 1.54) is 10.4 Å². The molecule has 1 heterocycles. The Balaban J connectivity index is 2.32. The van der Waals surface area contributed by atoms with Crippen molar-refractivity contribution >= 4 is 16.5 Å². The van der Waals surface area contributed by atoms with Gasteiger partial charge in [-0.25, -0.2) is 4.98 Å². The normalized spacial score (nSPS) is 10.8. The number of nitrogens with one attached hydrogen (secondary N) is 1. The summed E-state index contributed by atoms with van der Waals surface area (Å²) < 4.78 is 5.19. The molecule has 0 bridgehead atoms. The van der Waals surface area contributed by atoms with Gasteiger partial charge in [-0.2, -0.15) is 0 Å². The number of benzene rings is 1. The van der Waals surface area contributed by atoms with Crippen molar-refractivity contribution in [1.82, 2.24) is 10.3 Å². The number of nitrogens with zero attached hydrogens (tertiary/aromatic N) is 2. The number of anilines is 1. The van der Waals surface area contributed by atoms with Gasteiger partial charge in [0.15, 0.2) is 5.13 Å². The van der Waals surface area contributed by atoms with Crippen molar-refractivity contribution in [3.05, 3.63) is 35.2 Å². The molecule has 0 atom stereocenters. The molecule has 114 valence electrons. The molecule has 21 heavy (non-hydrogen) atoms. The number of rotatable bonds is 8. The van der Waals surface area contributed by atoms with Gasteiger partial charge in [0, 0.05) is 37.2 Å². The Hall–Kier alpha value is -1.43. The fourth-order valence-electron chi connectivity index (χ4n) is 2.17. The van der Waals surface area contributed by atoms with Crippen LogP contribution in [-0.2, 0) is 11.3 Å². The third-order valence-corrected chi connectivity index (χ3v) is 4.40. The molecule has 1 aromatic carbocycles. The summed E-state index contributed by atoms with van der Waals surface area (Å²) in [5, 5.41) is 4.30. The van der Waals surface area contributed by atoms with Crippen molar-refractivity contribution in [3.8, 4) is 11.3 Å². The van der Waals surface area contributed by atoms with E-state index in [0.717, 1.165) is 37.1 Å². The van der Waals surface area contributed by atoms with Crippen molar-refractivity contribution in [3.63, 3.8) is 0 Å². The Kier molecular flexibility index (Phi) is 6.17. The first-order valence-electron chi connectivity index (χ1n) is 7.23. The zero-order valence-corrected chi connectivity index (χ0v) is 13.7. The van der Waals surface area contributed by atoms with Gasteiger partial charge in [0.05, 0.1) is 12.3 Å². The fraction of sp³-hybridized carbons (Fsp3) is 0.438. The van der Waals surface area contributed by atoms with Crippen molar-refractivity contribution in [2.24, 2.45) is 0 Å². The van der Waals surface area contributed by atoms with Crippen LogP contribution in [-0.4, -0.2) is 38.8 Å². The molecule has 0 saturated heterocycles. The van der Waals surface area contributed by atoms with E-state index < -0.39 is 0 Å². The molecule has 2 rings (SSSR count). The number of likely N-dealkylation sites (N-methyl/N-ethyl adjacent to an activating group) is 1. The molecule has 0 spiro atoms. The van der Waals surface area contributed by atoms with E-state index >= 15 is 0 Å². The van der Waals surface area contributed by atoms with Crippen molar-refractivity contribution < 1.29 is 4.74 Å². The number of ether oxygens (including phenoxy) is 1. The highest BCUT2D eigenvalue weighted by molar-refractivity contribution is 7.16. The maximum absolute atomic E-state index is 5.19. The van der Waals surface area contributed by atoms with Crippen molar-refractivity contribution in [2.45, 2.75) is 13.5 Å². The monoisotopic (exact) mass is 305 g/mol. The summed E-state index contributed by atoms with van der Waals surface area (Å²) >= 11 is 1.76. The molecule has 1 aromatic heterocycles. The van der Waals surface area contributed by atoms with E-state index in [9.17, 15) is 0 Å². The number of hydrogen-bond acceptors (Lipinski definition) is 5. The van der Waals surface area contributed by atoms with Crippen LogP contribution in [0, 0.1) is 0 Å². The maximum Gasteiger partial charge on any atom is 0.186 e. The van der Waals surface area contributed by atoms with Crippen LogP contribution >= 0.6 is 11.3 Å². The first kappa shape index (κ1) is 15.9. The predicted molar refractivity (Wildman–Crippen MR) is 90.1 cm³/mol. The largest absolute Gasteiger partial charge is 0.383 e. The van der Waals surface area contributed by atoms with Gasteiger partial charge in [-0.05, 0) is 14.0 Å².